The van der Waals surface area contributed by atoms with Crippen molar-refractivity contribution in [3.05, 3.63) is 60.3 Å². The highest BCUT2D eigenvalue weighted by Crippen LogP contribution is 2.29. The summed E-state index contributed by atoms with van der Waals surface area (Å²) in [6, 6.07) is 15.3. The predicted molar refractivity (Wildman–Crippen MR) is 98.7 cm³/mol. The van der Waals surface area contributed by atoms with Crippen molar-refractivity contribution in [2.24, 2.45) is 0 Å². The largest absolute Gasteiger partial charge is 0.360 e. The summed E-state index contributed by atoms with van der Waals surface area (Å²) in [4.78, 5) is 27.9. The number of nitrogens with one attached hydrogen (secondary N) is 2. The van der Waals surface area contributed by atoms with Crippen molar-refractivity contribution in [1.29, 1.82) is 0 Å². The lowest BCUT2D eigenvalue weighted by molar-refractivity contribution is -0.114. The van der Waals surface area contributed by atoms with Crippen molar-refractivity contribution in [1.82, 2.24) is 4.98 Å². The van der Waals surface area contributed by atoms with Gasteiger partial charge in [0.05, 0.1) is 5.25 Å². The third-order valence-corrected chi connectivity index (χ3v) is 4.82. The Labute approximate surface area is 144 Å². The molecule has 0 bridgehead atoms. The third-order valence-electron chi connectivity index (χ3n) is 3.71. The van der Waals surface area contributed by atoms with Gasteiger partial charge in [-0.1, -0.05) is 18.2 Å². The first-order chi connectivity index (χ1) is 11.5. The minimum absolute atomic E-state index is 0.0988. The molecule has 122 valence electrons. The number of hydrogen-bond acceptors (Lipinski definition) is 3. The van der Waals surface area contributed by atoms with Crippen LogP contribution in [0.4, 0.5) is 5.69 Å². The number of thioether (sulfide) groups is 1. The van der Waals surface area contributed by atoms with Gasteiger partial charge >= 0.3 is 0 Å². The Balaban J connectivity index is 1.73. The quantitative estimate of drug-likeness (QED) is 0.532. The lowest BCUT2D eigenvalue weighted by Gasteiger charge is -2.10. The van der Waals surface area contributed by atoms with Crippen LogP contribution in [0, 0.1) is 0 Å². The molecule has 0 saturated heterocycles. The molecule has 3 rings (SSSR count). The minimum Gasteiger partial charge on any atom is -0.360 e. The highest BCUT2D eigenvalue weighted by Gasteiger charge is 2.19. The first kappa shape index (κ1) is 16.3. The molecule has 1 atom stereocenters. The number of benzene rings is 2. The topological polar surface area (TPSA) is 62.0 Å². The molecule has 0 saturated carbocycles. The molecular weight excluding hydrogens is 320 g/mol. The van der Waals surface area contributed by atoms with Crippen LogP contribution in [-0.4, -0.2) is 21.9 Å². The second-order valence-corrected chi connectivity index (χ2v) is 6.99. The monoisotopic (exact) mass is 338 g/mol. The zero-order chi connectivity index (χ0) is 17.1. The number of rotatable bonds is 5. The fourth-order valence-electron chi connectivity index (χ4n) is 2.57. The average Bonchev–Trinajstić information content (AvgIpc) is 2.99. The van der Waals surface area contributed by atoms with E-state index in [1.807, 2.05) is 55.5 Å². The van der Waals surface area contributed by atoms with Crippen molar-refractivity contribution in [3.8, 4) is 0 Å². The van der Waals surface area contributed by atoms with Crippen LogP contribution in [-0.2, 0) is 4.79 Å². The number of anilines is 1. The van der Waals surface area contributed by atoms with Crippen LogP contribution in [0.25, 0.3) is 10.9 Å². The first-order valence-corrected chi connectivity index (χ1v) is 8.57. The highest BCUT2D eigenvalue weighted by atomic mass is 32.2. The number of para-hydroxylation sites is 1. The first-order valence-electron chi connectivity index (χ1n) is 7.69. The summed E-state index contributed by atoms with van der Waals surface area (Å²) in [6.45, 7) is 3.39. The molecule has 1 aromatic heterocycles. The van der Waals surface area contributed by atoms with Crippen molar-refractivity contribution in [3.63, 3.8) is 0 Å². The average molecular weight is 338 g/mol. The molecule has 24 heavy (non-hydrogen) atoms. The SMILES string of the molecule is CC(=O)Nc1ccc(SC(C)C(=O)c2c[nH]c3ccccc23)cc1. The Kier molecular flexibility index (Phi) is 4.71. The number of carbonyl (C=O) groups excluding carboxylic acids is 2. The van der Waals surface area contributed by atoms with Gasteiger partial charge in [-0.25, -0.2) is 0 Å². The molecule has 1 amide bonds. The summed E-state index contributed by atoms with van der Waals surface area (Å²) in [5.74, 6) is 0.00155. The molecule has 2 aromatic carbocycles. The van der Waals surface area contributed by atoms with Crippen LogP contribution in [0.5, 0.6) is 0 Å². The van der Waals surface area contributed by atoms with Crippen LogP contribution in [0.3, 0.4) is 0 Å². The number of Topliss-reactive ketones (excluding diaryl/α,β-unsaturated/α-hetero) is 1. The number of carbonyl (C=O) groups is 2. The van der Waals surface area contributed by atoms with E-state index in [9.17, 15) is 9.59 Å². The normalized spacial score (nSPS) is 12.1. The van der Waals surface area contributed by atoms with E-state index in [0.717, 1.165) is 27.0 Å². The maximum Gasteiger partial charge on any atom is 0.221 e. The van der Waals surface area contributed by atoms with Crippen molar-refractivity contribution >= 4 is 40.0 Å². The summed E-state index contributed by atoms with van der Waals surface area (Å²) in [6.07, 6.45) is 1.78. The van der Waals surface area contributed by atoms with Gasteiger partial charge in [0.1, 0.15) is 0 Å². The molecule has 3 aromatic rings. The zero-order valence-corrected chi connectivity index (χ0v) is 14.3. The Bertz CT molecular complexity index is 884. The van der Waals surface area contributed by atoms with Crippen LogP contribution in [0.1, 0.15) is 24.2 Å². The van der Waals surface area contributed by atoms with Gasteiger partial charge in [0.2, 0.25) is 5.91 Å². The van der Waals surface area contributed by atoms with Gasteiger partial charge in [-0.15, -0.1) is 11.8 Å². The predicted octanol–water partition coefficient (Wildman–Crippen LogP) is 4.49. The van der Waals surface area contributed by atoms with Gasteiger partial charge in [0, 0.05) is 40.2 Å². The van der Waals surface area contributed by atoms with Gasteiger partial charge in [-0.3, -0.25) is 9.59 Å². The number of H-pyrrole nitrogens is 1. The van der Waals surface area contributed by atoms with E-state index < -0.39 is 0 Å². The Morgan fingerprint density at radius 3 is 2.50 bits per heavy atom. The second kappa shape index (κ2) is 6.93. The fraction of sp³-hybridized carbons (Fsp3) is 0.158. The highest BCUT2D eigenvalue weighted by molar-refractivity contribution is 8.00. The smallest absolute Gasteiger partial charge is 0.221 e. The summed E-state index contributed by atoms with van der Waals surface area (Å²) in [5, 5.41) is 3.49. The standard InChI is InChI=1S/C19H18N2O2S/c1-12(24-15-9-7-14(8-10-15)21-13(2)22)19(23)17-11-20-18-6-4-3-5-16(17)18/h3-12,20H,1-2H3,(H,21,22). The number of aromatic amines is 1. The van der Waals surface area contributed by atoms with E-state index in [0.29, 0.717) is 0 Å². The summed E-state index contributed by atoms with van der Waals surface area (Å²) in [7, 11) is 0. The van der Waals surface area contributed by atoms with E-state index in [4.69, 9.17) is 0 Å². The fourth-order valence-corrected chi connectivity index (χ4v) is 3.51. The number of aromatic nitrogens is 1. The molecule has 0 aliphatic heterocycles. The van der Waals surface area contributed by atoms with Gasteiger partial charge in [0.25, 0.3) is 0 Å². The number of hydrogen-bond donors (Lipinski definition) is 2. The molecule has 0 radical (unpaired) electrons. The maximum atomic E-state index is 12.7. The molecule has 5 heteroatoms. The molecular formula is C19H18N2O2S. The molecule has 1 heterocycles. The lowest BCUT2D eigenvalue weighted by Crippen LogP contribution is -2.13. The van der Waals surface area contributed by atoms with Crippen LogP contribution < -0.4 is 5.32 Å². The number of fused-ring (bicyclic) bond motifs is 1. The van der Waals surface area contributed by atoms with Crippen LogP contribution >= 0.6 is 11.8 Å². The van der Waals surface area contributed by atoms with Gasteiger partial charge in [-0.2, -0.15) is 0 Å². The number of amides is 1. The van der Waals surface area contributed by atoms with Crippen molar-refractivity contribution < 1.29 is 9.59 Å². The Morgan fingerprint density at radius 2 is 1.79 bits per heavy atom. The molecule has 2 N–H and O–H groups in total. The zero-order valence-electron chi connectivity index (χ0n) is 13.5. The van der Waals surface area contributed by atoms with Crippen LogP contribution in [0.2, 0.25) is 0 Å². The van der Waals surface area contributed by atoms with Gasteiger partial charge < -0.3 is 10.3 Å². The lowest BCUT2D eigenvalue weighted by atomic mass is 10.1. The second-order valence-electron chi connectivity index (χ2n) is 5.58. The summed E-state index contributed by atoms with van der Waals surface area (Å²) >= 11 is 1.51. The third kappa shape index (κ3) is 3.51. The Morgan fingerprint density at radius 1 is 1.08 bits per heavy atom. The van der Waals surface area contributed by atoms with Crippen molar-refractivity contribution in [2.45, 2.75) is 24.0 Å². The minimum atomic E-state index is -0.198. The van der Waals surface area contributed by atoms with E-state index in [-0.39, 0.29) is 16.9 Å². The van der Waals surface area contributed by atoms with Crippen molar-refractivity contribution in [2.75, 3.05) is 5.32 Å². The molecule has 4 nitrogen and oxygen atoms in total. The number of ketones is 1. The summed E-state index contributed by atoms with van der Waals surface area (Å²) in [5.41, 5.74) is 2.45. The molecule has 0 spiro atoms. The van der Waals surface area contributed by atoms with Crippen LogP contribution in [0.15, 0.2) is 59.6 Å². The maximum absolute atomic E-state index is 12.7. The Hall–Kier alpha value is -2.53. The summed E-state index contributed by atoms with van der Waals surface area (Å²) < 4.78 is 0. The van der Waals surface area contributed by atoms with Gasteiger partial charge in [0.15, 0.2) is 5.78 Å². The van der Waals surface area contributed by atoms with E-state index >= 15 is 0 Å². The molecule has 1 unspecified atom stereocenters. The van der Waals surface area contributed by atoms with E-state index in [1.165, 1.54) is 18.7 Å². The molecule has 0 aliphatic rings. The van der Waals surface area contributed by atoms with E-state index in [1.54, 1.807) is 6.20 Å². The van der Waals surface area contributed by atoms with E-state index in [2.05, 4.69) is 10.3 Å². The molecule has 0 fully saturated rings. The molecule has 0 aliphatic carbocycles. The van der Waals surface area contributed by atoms with Gasteiger partial charge in [-0.05, 0) is 37.3 Å².